The van der Waals surface area contributed by atoms with Crippen LogP contribution in [0.2, 0.25) is 0 Å². The molecule has 9 nitrogen and oxygen atoms in total. The molecule has 4 aromatic rings. The fraction of sp³-hybridized carbons (Fsp3) is 0.353. The van der Waals surface area contributed by atoms with Crippen molar-refractivity contribution in [2.24, 2.45) is 5.41 Å². The highest BCUT2D eigenvalue weighted by Gasteiger charge is 2.39. The van der Waals surface area contributed by atoms with Gasteiger partial charge in [-0.25, -0.2) is 22.5 Å². The summed E-state index contributed by atoms with van der Waals surface area (Å²) in [6, 6.07) is 12.6. The van der Waals surface area contributed by atoms with Crippen LogP contribution in [0, 0.1) is 37.8 Å². The van der Waals surface area contributed by atoms with Crippen LogP contribution in [-0.4, -0.2) is 41.0 Å². The van der Waals surface area contributed by atoms with Crippen molar-refractivity contribution < 1.29 is 31.8 Å². The largest absolute Gasteiger partial charge is 0.503 e. The predicted molar refractivity (Wildman–Crippen MR) is 169 cm³/mol. The average Bonchev–Trinajstić information content (AvgIpc) is 2.98. The predicted octanol–water partition coefficient (Wildman–Crippen LogP) is 6.94. The Bertz CT molecular complexity index is 1940. The van der Waals surface area contributed by atoms with Crippen LogP contribution in [0.25, 0.3) is 11.3 Å². The number of phenols is 1. The molecule has 1 unspecified atom stereocenters. The van der Waals surface area contributed by atoms with Gasteiger partial charge >= 0.3 is 0 Å². The lowest BCUT2D eigenvalue weighted by atomic mass is 9.87. The van der Waals surface area contributed by atoms with Crippen molar-refractivity contribution in [1.82, 2.24) is 14.9 Å². The Morgan fingerprint density at radius 3 is 2.43 bits per heavy atom. The number of anilines is 1. The van der Waals surface area contributed by atoms with E-state index in [-0.39, 0.29) is 46.6 Å². The van der Waals surface area contributed by atoms with E-state index in [2.05, 4.69) is 35.5 Å². The van der Waals surface area contributed by atoms with Crippen LogP contribution in [0.1, 0.15) is 61.2 Å². The summed E-state index contributed by atoms with van der Waals surface area (Å²) in [5.41, 5.74) is 4.31. The highest BCUT2D eigenvalue weighted by Crippen LogP contribution is 2.44. The van der Waals surface area contributed by atoms with Crippen LogP contribution >= 0.6 is 0 Å². The molecule has 0 spiro atoms. The van der Waals surface area contributed by atoms with Crippen molar-refractivity contribution in [2.75, 3.05) is 11.3 Å². The number of hydrogen-bond donors (Lipinski definition) is 2. The van der Waals surface area contributed by atoms with Crippen LogP contribution < -0.4 is 14.2 Å². The summed E-state index contributed by atoms with van der Waals surface area (Å²) in [6.45, 7) is 12.1. The summed E-state index contributed by atoms with van der Waals surface area (Å²) in [4.78, 5) is 11.0. The van der Waals surface area contributed by atoms with Crippen molar-refractivity contribution in [3.05, 3.63) is 88.0 Å². The molecule has 4 bridgehead atoms. The van der Waals surface area contributed by atoms with Crippen LogP contribution in [0.4, 0.5) is 14.7 Å². The summed E-state index contributed by atoms with van der Waals surface area (Å²) in [5, 5.41) is 10.0. The monoisotopic (exact) mass is 650 g/mol. The summed E-state index contributed by atoms with van der Waals surface area (Å²) >= 11 is 0. The third-order valence-corrected chi connectivity index (χ3v) is 9.66. The first kappa shape index (κ1) is 31.7. The van der Waals surface area contributed by atoms with Gasteiger partial charge in [0, 0.05) is 34.8 Å². The molecule has 2 N–H and O–H groups in total. The molecule has 6 rings (SSSR count). The number of aromatic nitrogens is 2. The number of aromatic hydroxyl groups is 1. The van der Waals surface area contributed by atoms with Gasteiger partial charge in [-0.3, -0.25) is 4.90 Å². The normalized spacial score (nSPS) is 19.2. The van der Waals surface area contributed by atoms with Gasteiger partial charge in [-0.2, -0.15) is 9.37 Å². The van der Waals surface area contributed by atoms with Gasteiger partial charge in [0.2, 0.25) is 17.6 Å². The Morgan fingerprint density at radius 1 is 1.04 bits per heavy atom. The molecule has 0 saturated heterocycles. The van der Waals surface area contributed by atoms with Gasteiger partial charge in [-0.1, -0.05) is 51.1 Å². The van der Waals surface area contributed by atoms with Gasteiger partial charge in [-0.15, -0.1) is 0 Å². The Kier molecular flexibility index (Phi) is 7.92. The third-order valence-electron chi connectivity index (χ3n) is 8.34. The number of benzene rings is 3. The summed E-state index contributed by atoms with van der Waals surface area (Å²) in [6.07, 6.45) is -0.429. The van der Waals surface area contributed by atoms with Gasteiger partial charge in [0.05, 0.1) is 10.6 Å². The molecule has 0 saturated carbocycles. The quantitative estimate of drug-likeness (QED) is 0.240. The van der Waals surface area contributed by atoms with Crippen LogP contribution in [-0.2, 0) is 16.6 Å². The third kappa shape index (κ3) is 5.87. The Labute approximate surface area is 267 Å². The first-order chi connectivity index (χ1) is 21.6. The number of aryl methyl sites for hydroxylation is 2. The molecule has 2 atom stereocenters. The maximum atomic E-state index is 15.2. The van der Waals surface area contributed by atoms with Crippen molar-refractivity contribution in [3.8, 4) is 28.6 Å². The fourth-order valence-electron chi connectivity index (χ4n) is 6.21. The van der Waals surface area contributed by atoms with Crippen LogP contribution in [0.5, 0.6) is 17.4 Å². The minimum Gasteiger partial charge on any atom is -0.503 e. The lowest BCUT2D eigenvalue weighted by molar-refractivity contribution is -0.0571. The maximum Gasteiger partial charge on any atom is 0.264 e. The number of phenolic OH excluding ortho intramolecular Hbond substituents is 1. The number of halogens is 2. The van der Waals surface area contributed by atoms with Crippen LogP contribution in [0.3, 0.4) is 0 Å². The van der Waals surface area contributed by atoms with Gasteiger partial charge in [0.15, 0.2) is 23.5 Å². The van der Waals surface area contributed by atoms with Crippen molar-refractivity contribution in [3.63, 3.8) is 0 Å². The topological polar surface area (TPSA) is 114 Å². The maximum absolute atomic E-state index is 15.2. The standard InChI is InChI=1S/C34H36F2N4O5S/c1-18-9-7-10-19(2)26(18)28-20(3)31-38-33(37-28)39-46(42,43)24-12-8-11-21(13-24)32-40(23(17-44-31)15-34(4,5)6)16-22-14-25(35)29(41)27(36)30(22)45-32/h7-14,23,32,41H,15-17H2,1-6H3,(H,37,38,39)/t23-,32?/m1/s1. The number of ether oxygens (including phenoxy) is 2. The molecule has 0 radical (unpaired) electrons. The lowest BCUT2D eigenvalue weighted by Crippen LogP contribution is -2.47. The number of fused-ring (bicyclic) bond motifs is 7. The second-order valence-corrected chi connectivity index (χ2v) is 14.8. The van der Waals surface area contributed by atoms with E-state index < -0.39 is 39.7 Å². The molecule has 2 aliphatic heterocycles. The van der Waals surface area contributed by atoms with E-state index >= 15 is 4.39 Å². The second kappa shape index (κ2) is 11.5. The minimum absolute atomic E-state index is 0.0368. The van der Waals surface area contributed by atoms with E-state index in [0.717, 1.165) is 22.8 Å². The van der Waals surface area contributed by atoms with E-state index in [4.69, 9.17) is 9.47 Å². The smallest absolute Gasteiger partial charge is 0.264 e. The molecular weight excluding hydrogens is 614 g/mol. The summed E-state index contributed by atoms with van der Waals surface area (Å²) in [7, 11) is -4.22. The molecule has 3 heterocycles. The molecule has 3 aromatic carbocycles. The number of hydrogen-bond acceptors (Lipinski definition) is 8. The SMILES string of the molecule is Cc1cccc(C)c1-c1nc2nc(c1C)OC[C@@H](CC(C)(C)C)N1Cc3cc(F)c(O)c(F)c3OC1c1cccc(c1)S(=O)(=O)N2. The molecule has 2 aliphatic rings. The zero-order chi connectivity index (χ0) is 33.1. The van der Waals surface area contributed by atoms with Crippen LogP contribution in [0.15, 0.2) is 53.4 Å². The Morgan fingerprint density at radius 2 is 1.74 bits per heavy atom. The van der Waals surface area contributed by atoms with E-state index in [1.54, 1.807) is 12.1 Å². The Balaban J connectivity index is 1.57. The number of nitrogens with zero attached hydrogens (tertiary/aromatic N) is 3. The number of rotatable bonds is 2. The molecule has 0 aliphatic carbocycles. The van der Waals surface area contributed by atoms with Gasteiger partial charge < -0.3 is 14.6 Å². The van der Waals surface area contributed by atoms with Crippen molar-refractivity contribution in [1.29, 1.82) is 0 Å². The lowest BCUT2D eigenvalue weighted by Gasteiger charge is -2.43. The fourth-order valence-corrected chi connectivity index (χ4v) is 7.20. The highest BCUT2D eigenvalue weighted by molar-refractivity contribution is 7.92. The minimum atomic E-state index is -4.22. The molecule has 0 fully saturated rings. The van der Waals surface area contributed by atoms with Crippen molar-refractivity contribution in [2.45, 2.75) is 71.7 Å². The molecule has 1 aromatic heterocycles. The van der Waals surface area contributed by atoms with E-state index in [0.29, 0.717) is 23.2 Å². The number of nitrogens with one attached hydrogen (secondary N) is 1. The van der Waals surface area contributed by atoms with Gasteiger partial charge in [0.25, 0.3) is 10.0 Å². The summed E-state index contributed by atoms with van der Waals surface area (Å²) in [5.74, 6) is -3.70. The molecule has 46 heavy (non-hydrogen) atoms. The first-order valence-electron chi connectivity index (χ1n) is 15.0. The van der Waals surface area contributed by atoms with Gasteiger partial charge in [-0.05, 0) is 61.9 Å². The van der Waals surface area contributed by atoms with Gasteiger partial charge in [0.1, 0.15) is 6.61 Å². The zero-order valence-corrected chi connectivity index (χ0v) is 27.3. The second-order valence-electron chi connectivity index (χ2n) is 13.2. The molecule has 12 heteroatoms. The van der Waals surface area contributed by atoms with Crippen molar-refractivity contribution >= 4 is 16.0 Å². The summed E-state index contributed by atoms with van der Waals surface area (Å²) < 4.78 is 72.4. The Hall–Kier alpha value is -4.29. The van der Waals surface area contributed by atoms with E-state index in [1.807, 2.05) is 43.9 Å². The average molecular weight is 651 g/mol. The van der Waals surface area contributed by atoms with E-state index in [1.165, 1.54) is 12.1 Å². The highest BCUT2D eigenvalue weighted by atomic mass is 32.2. The molecule has 242 valence electrons. The molecule has 0 amide bonds. The van der Waals surface area contributed by atoms with E-state index in [9.17, 15) is 17.9 Å². The first-order valence-corrected chi connectivity index (χ1v) is 16.4. The molecular formula is C34H36F2N4O5S. The zero-order valence-electron chi connectivity index (χ0n) is 26.5. The number of sulfonamides is 1.